The summed E-state index contributed by atoms with van der Waals surface area (Å²) in [6.45, 7) is -3.61. The molecule has 0 radical (unpaired) electrons. The Balaban J connectivity index is -0.0000000500. The van der Waals surface area contributed by atoms with Gasteiger partial charge in [-0.2, -0.15) is 0 Å². The van der Waals surface area contributed by atoms with Gasteiger partial charge in [-0.15, -0.1) is 0 Å². The standard InChI is InChI=1S/C5H12OS.2CH4.2H3O3PS/c1-3-5-7(6)4-2;;;2*1-4(2,3)5/h3-5H2,1-2H3;2*1H4;2*(H3,1,2,3,5). The predicted molar refractivity (Wildman–Crippen MR) is 89.2 cm³/mol. The van der Waals surface area contributed by atoms with Crippen LogP contribution in [0.25, 0.3) is 0 Å². The minimum absolute atomic E-state index is 0. The Morgan fingerprint density at radius 3 is 1.16 bits per heavy atom. The molecule has 7 nitrogen and oxygen atoms in total. The SMILES string of the molecule is C.C.CCC[S+]([O-])CC.OP(O)(O)=S.OP(O)(O)=S. The molecule has 0 aliphatic heterocycles. The summed E-state index contributed by atoms with van der Waals surface area (Å²) in [6.07, 6.45) is 1.04. The monoisotopic (exact) mass is 380 g/mol. The Kier molecular flexibility index (Phi) is 29.7. The fourth-order valence-corrected chi connectivity index (χ4v) is 1.12. The molecular formula is C7H26O7P2S3. The second kappa shape index (κ2) is 17.4. The molecule has 0 rings (SSSR count). The summed E-state index contributed by atoms with van der Waals surface area (Å²) in [7, 11) is 0. The van der Waals surface area contributed by atoms with Gasteiger partial charge in [0.1, 0.15) is 11.5 Å². The summed E-state index contributed by atoms with van der Waals surface area (Å²) < 4.78 is 10.5. The van der Waals surface area contributed by atoms with Crippen LogP contribution < -0.4 is 0 Å². The van der Waals surface area contributed by atoms with E-state index in [-0.39, 0.29) is 14.9 Å². The maximum atomic E-state index is 10.5. The van der Waals surface area contributed by atoms with Crippen molar-refractivity contribution in [3.63, 3.8) is 0 Å². The van der Waals surface area contributed by atoms with E-state index in [0.717, 1.165) is 17.9 Å². The van der Waals surface area contributed by atoms with Crippen LogP contribution in [0, 0.1) is 0 Å². The van der Waals surface area contributed by atoms with E-state index in [2.05, 4.69) is 23.6 Å². The van der Waals surface area contributed by atoms with Gasteiger partial charge in [0.15, 0.2) is 0 Å². The number of hydrogen-bond acceptors (Lipinski definition) is 3. The molecule has 0 saturated heterocycles. The summed E-state index contributed by atoms with van der Waals surface area (Å²) in [5, 5.41) is 0. The zero-order valence-electron chi connectivity index (χ0n) is 9.33. The minimum atomic E-state index is -3.81. The average Bonchev–Trinajstić information content (AvgIpc) is 1.98. The van der Waals surface area contributed by atoms with E-state index >= 15 is 0 Å². The highest BCUT2D eigenvalue weighted by Gasteiger charge is 1.95. The molecule has 0 aromatic carbocycles. The lowest BCUT2D eigenvalue weighted by Gasteiger charge is -2.04. The molecule has 0 spiro atoms. The van der Waals surface area contributed by atoms with Gasteiger partial charge in [-0.05, 0) is 37.0 Å². The quantitative estimate of drug-likeness (QED) is 0.309. The molecule has 0 fully saturated rings. The molecule has 1 unspecified atom stereocenters. The van der Waals surface area contributed by atoms with Gasteiger partial charge in [0.2, 0.25) is 0 Å². The van der Waals surface area contributed by atoms with Crippen LogP contribution in [0.15, 0.2) is 0 Å². The van der Waals surface area contributed by atoms with E-state index in [4.69, 9.17) is 29.4 Å². The lowest BCUT2D eigenvalue weighted by molar-refractivity contribution is 0.361. The summed E-state index contributed by atoms with van der Waals surface area (Å²) in [6, 6.07) is 0. The predicted octanol–water partition coefficient (Wildman–Crippen LogP) is 0.813. The Morgan fingerprint density at radius 2 is 1.11 bits per heavy atom. The van der Waals surface area contributed by atoms with Gasteiger partial charge in [0.05, 0.1) is 0 Å². The minimum Gasteiger partial charge on any atom is -0.616 e. The molecule has 0 amide bonds. The van der Waals surface area contributed by atoms with Gasteiger partial charge in [0.25, 0.3) is 0 Å². The van der Waals surface area contributed by atoms with E-state index in [9.17, 15) is 4.55 Å². The van der Waals surface area contributed by atoms with E-state index in [1.54, 1.807) is 0 Å². The van der Waals surface area contributed by atoms with Crippen LogP contribution in [0.2, 0.25) is 0 Å². The molecule has 0 aromatic rings. The van der Waals surface area contributed by atoms with Crippen LogP contribution in [-0.2, 0) is 34.8 Å². The van der Waals surface area contributed by atoms with E-state index in [0.29, 0.717) is 0 Å². The molecule has 0 aliphatic carbocycles. The Labute approximate surface area is 129 Å². The zero-order valence-corrected chi connectivity index (χ0v) is 13.6. The molecule has 19 heavy (non-hydrogen) atoms. The zero-order chi connectivity index (χ0) is 14.7. The summed E-state index contributed by atoms with van der Waals surface area (Å²) in [4.78, 5) is 45.3. The lowest BCUT2D eigenvalue weighted by atomic mass is 10.6. The van der Waals surface area contributed by atoms with Gasteiger partial charge in [-0.1, -0.05) is 33.0 Å². The van der Waals surface area contributed by atoms with Crippen molar-refractivity contribution in [1.82, 2.24) is 0 Å². The van der Waals surface area contributed by atoms with Gasteiger partial charge < -0.3 is 33.9 Å². The largest absolute Gasteiger partial charge is 0.616 e. The first-order valence-electron chi connectivity index (χ1n) is 4.22. The Hall–Kier alpha value is 1.37. The topological polar surface area (TPSA) is 144 Å². The molecule has 0 aromatic heterocycles. The summed E-state index contributed by atoms with van der Waals surface area (Å²) >= 11 is 6.68. The molecule has 1 atom stereocenters. The molecular weight excluding hydrogens is 354 g/mol. The molecule has 0 aliphatic rings. The van der Waals surface area contributed by atoms with Crippen LogP contribution in [-0.4, -0.2) is 45.4 Å². The normalized spacial score (nSPS) is 11.4. The molecule has 12 heteroatoms. The molecule has 0 saturated carbocycles. The Morgan fingerprint density at radius 1 is 0.895 bits per heavy atom. The fourth-order valence-electron chi connectivity index (χ4n) is 0.372. The van der Waals surface area contributed by atoms with Crippen LogP contribution >= 0.6 is 13.4 Å². The molecule has 0 heterocycles. The van der Waals surface area contributed by atoms with E-state index in [1.165, 1.54) is 0 Å². The first-order chi connectivity index (χ1) is 7.31. The van der Waals surface area contributed by atoms with Crippen molar-refractivity contribution in [1.29, 1.82) is 0 Å². The smallest absolute Gasteiger partial charge is 0.319 e. The maximum absolute atomic E-state index is 10.5. The van der Waals surface area contributed by atoms with Gasteiger partial charge in [-0.25, -0.2) is 0 Å². The third kappa shape index (κ3) is 144. The molecule has 0 bridgehead atoms. The second-order valence-electron chi connectivity index (χ2n) is 2.46. The van der Waals surface area contributed by atoms with E-state index < -0.39 is 24.6 Å². The first kappa shape index (κ1) is 32.4. The van der Waals surface area contributed by atoms with Crippen molar-refractivity contribution in [2.75, 3.05) is 11.5 Å². The molecule has 6 N–H and O–H groups in total. The summed E-state index contributed by atoms with van der Waals surface area (Å²) in [5.41, 5.74) is 0. The van der Waals surface area contributed by atoms with Crippen molar-refractivity contribution in [2.45, 2.75) is 35.1 Å². The summed E-state index contributed by atoms with van der Waals surface area (Å²) in [5.74, 6) is 1.68. The second-order valence-corrected chi connectivity index (χ2v) is 9.32. The van der Waals surface area contributed by atoms with Crippen molar-refractivity contribution < 1.29 is 33.9 Å². The highest BCUT2D eigenvalue weighted by Crippen LogP contribution is 2.26. The van der Waals surface area contributed by atoms with Crippen molar-refractivity contribution in [2.24, 2.45) is 0 Å². The fraction of sp³-hybridized carbons (Fsp3) is 1.00. The third-order valence-corrected chi connectivity index (χ3v) is 2.26. The van der Waals surface area contributed by atoms with Crippen LogP contribution in [0.3, 0.4) is 0 Å². The number of rotatable bonds is 3. The lowest BCUT2D eigenvalue weighted by Crippen LogP contribution is -2.06. The van der Waals surface area contributed by atoms with Gasteiger partial charge >= 0.3 is 13.4 Å². The van der Waals surface area contributed by atoms with Crippen LogP contribution in [0.5, 0.6) is 0 Å². The van der Waals surface area contributed by atoms with Gasteiger partial charge in [0, 0.05) is 0 Å². The van der Waals surface area contributed by atoms with Crippen molar-refractivity contribution >= 4 is 48.2 Å². The Bertz CT molecular complexity index is 219. The maximum Gasteiger partial charge on any atom is 0.319 e. The van der Waals surface area contributed by atoms with Crippen molar-refractivity contribution in [3.8, 4) is 0 Å². The highest BCUT2D eigenvalue weighted by molar-refractivity contribution is 8.06. The van der Waals surface area contributed by atoms with E-state index in [1.807, 2.05) is 13.8 Å². The average molecular weight is 380 g/mol. The van der Waals surface area contributed by atoms with Crippen LogP contribution in [0.1, 0.15) is 35.1 Å². The van der Waals surface area contributed by atoms with Gasteiger partial charge in [-0.3, -0.25) is 0 Å². The highest BCUT2D eigenvalue weighted by atomic mass is 32.5. The van der Waals surface area contributed by atoms with Crippen LogP contribution in [0.4, 0.5) is 0 Å². The third-order valence-electron chi connectivity index (χ3n) is 0.754. The molecule has 124 valence electrons. The van der Waals surface area contributed by atoms with Crippen molar-refractivity contribution in [3.05, 3.63) is 0 Å². The number of hydrogen-bond donors (Lipinski definition) is 6. The first-order valence-corrected chi connectivity index (χ1v) is 11.0.